The first-order valence-electron chi connectivity index (χ1n) is 8.12. The zero-order valence-corrected chi connectivity index (χ0v) is 17.3. The number of ether oxygens (including phenoxy) is 1. The molecule has 2 aromatic carbocycles. The molecule has 1 amide bonds. The quantitative estimate of drug-likeness (QED) is 0.678. The maximum absolute atomic E-state index is 12.6. The summed E-state index contributed by atoms with van der Waals surface area (Å²) in [5.41, 5.74) is 0.121. The van der Waals surface area contributed by atoms with Gasteiger partial charge in [0.2, 0.25) is 15.9 Å². The van der Waals surface area contributed by atoms with E-state index in [1.165, 1.54) is 37.4 Å². The number of amides is 1. The van der Waals surface area contributed by atoms with E-state index in [4.69, 9.17) is 11.6 Å². The van der Waals surface area contributed by atoms with Crippen LogP contribution in [0.1, 0.15) is 16.8 Å². The third kappa shape index (κ3) is 4.21. The lowest BCUT2D eigenvalue weighted by molar-refractivity contribution is -0.116. The molecule has 1 heterocycles. The van der Waals surface area contributed by atoms with E-state index in [1.807, 2.05) is 0 Å². The lowest BCUT2D eigenvalue weighted by Gasteiger charge is -2.16. The van der Waals surface area contributed by atoms with Crippen molar-refractivity contribution in [3.05, 3.63) is 53.1 Å². The summed E-state index contributed by atoms with van der Waals surface area (Å²) >= 11 is 6.01. The normalized spacial score (nSPS) is 15.9. The Morgan fingerprint density at radius 3 is 2.38 bits per heavy atom. The number of halogens is 1. The molecule has 29 heavy (non-hydrogen) atoms. The number of nitrogens with zero attached hydrogens (tertiary/aromatic N) is 1. The van der Waals surface area contributed by atoms with Gasteiger partial charge in [-0.3, -0.25) is 9.52 Å². The third-order valence-corrected chi connectivity index (χ3v) is 7.49. The average Bonchev–Trinajstić information content (AvgIpc) is 2.95. The van der Waals surface area contributed by atoms with E-state index in [9.17, 15) is 26.4 Å². The van der Waals surface area contributed by atoms with Gasteiger partial charge in [-0.05, 0) is 42.5 Å². The highest BCUT2D eigenvalue weighted by molar-refractivity contribution is 7.94. The molecule has 0 spiro atoms. The van der Waals surface area contributed by atoms with Crippen molar-refractivity contribution < 1.29 is 31.2 Å². The Balaban J connectivity index is 1.89. The van der Waals surface area contributed by atoms with E-state index in [2.05, 4.69) is 9.46 Å². The summed E-state index contributed by atoms with van der Waals surface area (Å²) in [5, 5.41) is 0.0617. The van der Waals surface area contributed by atoms with Crippen molar-refractivity contribution in [1.29, 1.82) is 0 Å². The van der Waals surface area contributed by atoms with Crippen LogP contribution in [-0.4, -0.2) is 41.6 Å². The zero-order chi connectivity index (χ0) is 21.4. The first-order valence-corrected chi connectivity index (χ1v) is 11.6. The lowest BCUT2D eigenvalue weighted by Crippen LogP contribution is -2.29. The Morgan fingerprint density at radius 2 is 1.83 bits per heavy atom. The molecule has 1 aliphatic heterocycles. The Labute approximate surface area is 172 Å². The topological polar surface area (TPSA) is 127 Å². The number of rotatable bonds is 5. The molecule has 0 saturated carbocycles. The summed E-state index contributed by atoms with van der Waals surface area (Å²) in [6.07, 6.45) is -0.126. The molecule has 1 fully saturated rings. The first kappa shape index (κ1) is 21.1. The monoisotopic (exact) mass is 458 g/mol. The zero-order valence-electron chi connectivity index (χ0n) is 15.0. The van der Waals surface area contributed by atoms with Crippen LogP contribution in [0.25, 0.3) is 0 Å². The molecule has 2 aromatic rings. The van der Waals surface area contributed by atoms with Gasteiger partial charge >= 0.3 is 5.97 Å². The second-order valence-electron chi connectivity index (χ2n) is 6.01. The summed E-state index contributed by atoms with van der Waals surface area (Å²) in [7, 11) is -6.67. The number of nitrogens with one attached hydrogen (secondary N) is 1. The third-order valence-electron chi connectivity index (χ3n) is 4.09. The van der Waals surface area contributed by atoms with E-state index in [0.29, 0.717) is 4.31 Å². The van der Waals surface area contributed by atoms with Crippen molar-refractivity contribution in [2.24, 2.45) is 0 Å². The van der Waals surface area contributed by atoms with Gasteiger partial charge in [-0.15, -0.1) is 0 Å². The second kappa shape index (κ2) is 7.65. The molecule has 0 unspecified atom stereocenters. The maximum atomic E-state index is 12.6. The van der Waals surface area contributed by atoms with Crippen LogP contribution < -0.4 is 9.03 Å². The van der Waals surface area contributed by atoms with E-state index < -0.39 is 31.9 Å². The maximum Gasteiger partial charge on any atom is 0.337 e. The fourth-order valence-electron chi connectivity index (χ4n) is 2.68. The predicted octanol–water partition coefficient (Wildman–Crippen LogP) is 1.99. The summed E-state index contributed by atoms with van der Waals surface area (Å²) in [6, 6.07) is 8.74. The Bertz CT molecular complexity index is 1190. The summed E-state index contributed by atoms with van der Waals surface area (Å²) in [4.78, 5) is 23.3. The smallest absolute Gasteiger partial charge is 0.337 e. The van der Waals surface area contributed by atoms with Crippen LogP contribution in [0, 0.1) is 0 Å². The number of benzene rings is 2. The predicted molar refractivity (Wildman–Crippen MR) is 106 cm³/mol. The molecule has 0 aromatic heterocycles. The van der Waals surface area contributed by atoms with Gasteiger partial charge in [-0.2, -0.15) is 0 Å². The van der Waals surface area contributed by atoms with Gasteiger partial charge in [0.15, 0.2) is 0 Å². The van der Waals surface area contributed by atoms with Crippen LogP contribution in [-0.2, 0) is 29.6 Å². The van der Waals surface area contributed by atoms with Crippen molar-refractivity contribution in [1.82, 2.24) is 0 Å². The van der Waals surface area contributed by atoms with Crippen molar-refractivity contribution in [2.75, 3.05) is 21.9 Å². The highest BCUT2D eigenvalue weighted by Crippen LogP contribution is 2.29. The molecule has 12 heteroatoms. The highest BCUT2D eigenvalue weighted by atomic mass is 35.5. The molecule has 0 atom stereocenters. The highest BCUT2D eigenvalue weighted by Gasteiger charge is 2.36. The molecule has 0 aliphatic carbocycles. The largest absolute Gasteiger partial charge is 0.465 e. The molecular weight excluding hydrogens is 444 g/mol. The van der Waals surface area contributed by atoms with Crippen LogP contribution in [0.2, 0.25) is 5.02 Å². The van der Waals surface area contributed by atoms with Crippen LogP contribution >= 0.6 is 11.6 Å². The van der Waals surface area contributed by atoms with E-state index in [-0.39, 0.29) is 39.0 Å². The van der Waals surface area contributed by atoms with Gasteiger partial charge in [0.25, 0.3) is 10.0 Å². The van der Waals surface area contributed by atoms with Gasteiger partial charge in [0.1, 0.15) is 0 Å². The van der Waals surface area contributed by atoms with Gasteiger partial charge in [0.05, 0.1) is 39.7 Å². The molecule has 9 nitrogen and oxygen atoms in total. The molecule has 3 rings (SSSR count). The first-order chi connectivity index (χ1) is 13.5. The molecule has 154 valence electrons. The van der Waals surface area contributed by atoms with Crippen LogP contribution in [0.4, 0.5) is 11.4 Å². The molecule has 0 bridgehead atoms. The Hall–Kier alpha value is -2.63. The van der Waals surface area contributed by atoms with Crippen LogP contribution in [0.15, 0.2) is 47.4 Å². The number of carbonyl (C=O) groups excluding carboxylic acids is 2. The number of sulfonamides is 2. The Kier molecular flexibility index (Phi) is 5.57. The van der Waals surface area contributed by atoms with Crippen molar-refractivity contribution >= 4 is 54.9 Å². The minimum absolute atomic E-state index is 0.0315. The van der Waals surface area contributed by atoms with Gasteiger partial charge in [-0.25, -0.2) is 25.9 Å². The molecular formula is C17H15ClN2O7S2. The molecule has 1 saturated heterocycles. The van der Waals surface area contributed by atoms with Gasteiger partial charge < -0.3 is 4.74 Å². The molecule has 0 radical (unpaired) electrons. The molecule has 1 aliphatic rings. The Morgan fingerprint density at radius 1 is 1.17 bits per heavy atom. The summed E-state index contributed by atoms with van der Waals surface area (Å²) < 4.78 is 56.7. The number of anilines is 2. The number of hydrogen-bond donors (Lipinski definition) is 1. The average molecular weight is 459 g/mol. The van der Waals surface area contributed by atoms with Crippen LogP contribution in [0.3, 0.4) is 0 Å². The summed E-state index contributed by atoms with van der Waals surface area (Å²) in [6.45, 7) is 0. The van der Waals surface area contributed by atoms with Gasteiger partial charge in [0, 0.05) is 6.42 Å². The SMILES string of the molecule is COC(=O)c1ccc(Cl)c(NS(=O)(=O)c2ccc(N3C(=O)CCS3(=O)=O)cc2)c1. The number of hydrogen-bond acceptors (Lipinski definition) is 7. The summed E-state index contributed by atoms with van der Waals surface area (Å²) in [5.74, 6) is -1.53. The fourth-order valence-corrected chi connectivity index (χ4v) is 5.43. The number of carbonyl (C=O) groups is 2. The number of esters is 1. The van der Waals surface area contributed by atoms with E-state index in [1.54, 1.807) is 0 Å². The van der Waals surface area contributed by atoms with Crippen LogP contribution in [0.5, 0.6) is 0 Å². The van der Waals surface area contributed by atoms with E-state index in [0.717, 1.165) is 12.1 Å². The van der Waals surface area contributed by atoms with E-state index >= 15 is 0 Å². The fraction of sp³-hybridized carbons (Fsp3) is 0.176. The lowest BCUT2D eigenvalue weighted by atomic mass is 10.2. The van der Waals surface area contributed by atoms with Gasteiger partial charge in [-0.1, -0.05) is 11.6 Å². The van der Waals surface area contributed by atoms with Crippen molar-refractivity contribution in [3.63, 3.8) is 0 Å². The standard InChI is InChI=1S/C17H15ClN2O7S2/c1-27-17(22)11-2-7-14(18)15(10-11)19-29(25,26)13-5-3-12(4-6-13)20-16(21)8-9-28(20,23)24/h2-7,10,19H,8-9H2,1H3. The van der Waals surface area contributed by atoms with Crippen molar-refractivity contribution in [3.8, 4) is 0 Å². The number of methoxy groups -OCH3 is 1. The van der Waals surface area contributed by atoms with Crippen molar-refractivity contribution in [2.45, 2.75) is 11.3 Å². The molecule has 1 N–H and O–H groups in total. The minimum Gasteiger partial charge on any atom is -0.465 e. The second-order valence-corrected chi connectivity index (χ2v) is 10.0. The minimum atomic E-state index is -4.11.